The molecular formula is C25H38N6O6. The second-order valence-electron chi connectivity index (χ2n) is 9.04. The number of rotatable bonds is 17. The normalized spacial score (nSPS) is 12.3. The van der Waals surface area contributed by atoms with Gasteiger partial charge in [0.1, 0.15) is 11.6 Å². The van der Waals surface area contributed by atoms with Crippen molar-refractivity contribution in [3.63, 3.8) is 0 Å². The lowest BCUT2D eigenvalue weighted by atomic mass is 9.99. The van der Waals surface area contributed by atoms with E-state index in [4.69, 9.17) is 11.1 Å². The number of amides is 3. The summed E-state index contributed by atoms with van der Waals surface area (Å²) in [6.45, 7) is 2.13. The third-order valence-electron chi connectivity index (χ3n) is 5.52. The van der Waals surface area contributed by atoms with Crippen LogP contribution in [0.5, 0.6) is 0 Å². The van der Waals surface area contributed by atoms with Crippen LogP contribution < -0.4 is 21.7 Å². The van der Waals surface area contributed by atoms with Crippen LogP contribution in [-0.2, 0) is 24.0 Å². The Labute approximate surface area is 216 Å². The maximum Gasteiger partial charge on any atom is 0.308 e. The van der Waals surface area contributed by atoms with Crippen LogP contribution in [-0.4, -0.2) is 78.5 Å². The number of ketones is 1. The Morgan fingerprint density at radius 2 is 1.65 bits per heavy atom. The third-order valence-corrected chi connectivity index (χ3v) is 5.52. The van der Waals surface area contributed by atoms with E-state index in [0.29, 0.717) is 24.2 Å². The number of carbonyl (C=O) groups excluding carboxylic acids is 4. The summed E-state index contributed by atoms with van der Waals surface area (Å²) in [5.41, 5.74) is 6.38. The smallest absolute Gasteiger partial charge is 0.308 e. The van der Waals surface area contributed by atoms with E-state index in [-0.39, 0.29) is 50.4 Å². The van der Waals surface area contributed by atoms with Crippen molar-refractivity contribution >= 4 is 41.0 Å². The summed E-state index contributed by atoms with van der Waals surface area (Å²) < 4.78 is 0. The summed E-state index contributed by atoms with van der Waals surface area (Å²) in [6, 6.07) is 5.93. The highest BCUT2D eigenvalue weighted by Crippen LogP contribution is 2.12. The highest BCUT2D eigenvalue weighted by atomic mass is 16.4. The lowest BCUT2D eigenvalue weighted by Gasteiger charge is -2.21. The van der Waals surface area contributed by atoms with Crippen molar-refractivity contribution in [2.24, 2.45) is 11.7 Å². The monoisotopic (exact) mass is 518 g/mol. The second kappa shape index (κ2) is 16.0. The molecule has 0 aromatic heterocycles. The number of nitrogens with zero attached hydrogens (tertiary/aromatic N) is 1. The zero-order valence-electron chi connectivity index (χ0n) is 21.6. The molecule has 0 heterocycles. The van der Waals surface area contributed by atoms with Gasteiger partial charge in [0.2, 0.25) is 17.7 Å². The average Bonchev–Trinajstić information content (AvgIpc) is 2.83. The first-order valence-corrected chi connectivity index (χ1v) is 12.1. The summed E-state index contributed by atoms with van der Waals surface area (Å²) >= 11 is 0. The Hall–Kier alpha value is -3.80. The zero-order valence-corrected chi connectivity index (χ0v) is 21.6. The van der Waals surface area contributed by atoms with Gasteiger partial charge in [-0.05, 0) is 51.3 Å². The molecule has 0 radical (unpaired) electrons. The van der Waals surface area contributed by atoms with Crippen molar-refractivity contribution in [3.8, 4) is 0 Å². The van der Waals surface area contributed by atoms with E-state index in [1.165, 1.54) is 0 Å². The molecule has 2 atom stereocenters. The van der Waals surface area contributed by atoms with Crippen molar-refractivity contribution in [1.29, 1.82) is 5.41 Å². The minimum atomic E-state index is -1.23. The summed E-state index contributed by atoms with van der Waals surface area (Å²) in [4.78, 5) is 62.2. The third kappa shape index (κ3) is 13.2. The topological polar surface area (TPSA) is 195 Å². The molecule has 204 valence electrons. The van der Waals surface area contributed by atoms with E-state index in [0.717, 1.165) is 0 Å². The molecule has 1 aromatic rings. The molecule has 0 aliphatic rings. The standard InChI is InChI=1S/C25H38N6O6/c1-4-21(33)30-19(11-12-31(2)3)14-23(35)28-15-17(25(36)37)13-20(32)9-10-22(34)29-18-7-5-16(6-8-18)24(26)27/h5-8,17,19H,4,9-15H2,1-3H3,(H3,26,27)(H,28,35)(H,29,34)(H,30,33)(H,36,37). The number of Topliss-reactive ketones (excluding diaryl/α,β-unsaturated/α-hetero) is 1. The summed E-state index contributed by atoms with van der Waals surface area (Å²) in [7, 11) is 3.76. The van der Waals surface area contributed by atoms with Gasteiger partial charge in [0.05, 0.1) is 5.92 Å². The molecule has 3 amide bonds. The quantitative estimate of drug-likeness (QED) is 0.128. The first-order chi connectivity index (χ1) is 17.4. The second-order valence-corrected chi connectivity index (χ2v) is 9.04. The number of anilines is 1. The van der Waals surface area contributed by atoms with Crippen LogP contribution in [0.15, 0.2) is 24.3 Å². The van der Waals surface area contributed by atoms with E-state index < -0.39 is 35.5 Å². The lowest BCUT2D eigenvalue weighted by Crippen LogP contribution is -2.42. The van der Waals surface area contributed by atoms with Crippen molar-refractivity contribution in [2.75, 3.05) is 32.5 Å². The highest BCUT2D eigenvalue weighted by Gasteiger charge is 2.23. The van der Waals surface area contributed by atoms with Crippen LogP contribution >= 0.6 is 0 Å². The fourth-order valence-corrected chi connectivity index (χ4v) is 3.34. The van der Waals surface area contributed by atoms with Gasteiger partial charge < -0.3 is 31.7 Å². The zero-order chi connectivity index (χ0) is 28.0. The molecule has 37 heavy (non-hydrogen) atoms. The summed E-state index contributed by atoms with van der Waals surface area (Å²) in [6.07, 6.45) is 0.227. The molecule has 0 spiro atoms. The predicted molar refractivity (Wildman–Crippen MR) is 139 cm³/mol. The number of hydrogen-bond acceptors (Lipinski definition) is 7. The van der Waals surface area contributed by atoms with Crippen LogP contribution in [0.1, 0.15) is 51.0 Å². The fourth-order valence-electron chi connectivity index (χ4n) is 3.34. The number of aliphatic carboxylic acids is 1. The van der Waals surface area contributed by atoms with Crippen molar-refractivity contribution in [3.05, 3.63) is 29.8 Å². The summed E-state index contributed by atoms with van der Waals surface area (Å²) in [5.74, 6) is -3.89. The van der Waals surface area contributed by atoms with E-state index in [1.54, 1.807) is 31.2 Å². The number of carbonyl (C=O) groups is 5. The molecule has 7 N–H and O–H groups in total. The number of benzene rings is 1. The molecule has 0 aliphatic heterocycles. The number of hydrogen-bond donors (Lipinski definition) is 6. The Kier molecular flexibility index (Phi) is 13.5. The van der Waals surface area contributed by atoms with E-state index in [9.17, 15) is 29.1 Å². The molecule has 2 unspecified atom stereocenters. The van der Waals surface area contributed by atoms with Gasteiger partial charge in [-0.3, -0.25) is 29.4 Å². The van der Waals surface area contributed by atoms with Gasteiger partial charge in [-0.15, -0.1) is 0 Å². The largest absolute Gasteiger partial charge is 0.481 e. The van der Waals surface area contributed by atoms with Gasteiger partial charge in [0, 0.05) is 55.9 Å². The van der Waals surface area contributed by atoms with Crippen molar-refractivity contribution in [2.45, 2.75) is 51.5 Å². The maximum absolute atomic E-state index is 12.4. The Morgan fingerprint density at radius 1 is 1.00 bits per heavy atom. The van der Waals surface area contributed by atoms with E-state index in [2.05, 4.69) is 16.0 Å². The minimum Gasteiger partial charge on any atom is -0.481 e. The minimum absolute atomic E-state index is 0.00652. The molecular weight excluding hydrogens is 480 g/mol. The van der Waals surface area contributed by atoms with Crippen LogP contribution in [0.4, 0.5) is 5.69 Å². The number of nitrogens with one attached hydrogen (secondary N) is 4. The molecule has 0 fully saturated rings. The number of carboxylic acid groups (broad SMARTS) is 1. The van der Waals surface area contributed by atoms with Gasteiger partial charge in [-0.1, -0.05) is 6.92 Å². The van der Waals surface area contributed by atoms with Gasteiger partial charge >= 0.3 is 5.97 Å². The molecule has 0 aliphatic carbocycles. The first kappa shape index (κ1) is 31.2. The van der Waals surface area contributed by atoms with Crippen LogP contribution in [0, 0.1) is 11.3 Å². The fraction of sp³-hybridized carbons (Fsp3) is 0.520. The SMILES string of the molecule is CCC(=O)NC(CCN(C)C)CC(=O)NCC(CC(=O)CCC(=O)Nc1ccc(C(=N)N)cc1)C(=O)O. The Balaban J connectivity index is 2.52. The molecule has 0 saturated carbocycles. The molecule has 12 heteroatoms. The summed E-state index contributed by atoms with van der Waals surface area (Å²) in [5, 5.41) is 24.8. The predicted octanol–water partition coefficient (Wildman–Crippen LogP) is 0.702. The lowest BCUT2D eigenvalue weighted by molar-refractivity contribution is -0.143. The van der Waals surface area contributed by atoms with Gasteiger partial charge in [-0.2, -0.15) is 0 Å². The maximum atomic E-state index is 12.4. The van der Waals surface area contributed by atoms with Gasteiger partial charge in [0.15, 0.2) is 0 Å². The molecule has 0 saturated heterocycles. The first-order valence-electron chi connectivity index (χ1n) is 12.1. The molecule has 12 nitrogen and oxygen atoms in total. The van der Waals surface area contributed by atoms with E-state index >= 15 is 0 Å². The highest BCUT2D eigenvalue weighted by molar-refractivity contribution is 5.97. The Morgan fingerprint density at radius 3 is 2.19 bits per heavy atom. The van der Waals surface area contributed by atoms with E-state index in [1.807, 2.05) is 19.0 Å². The van der Waals surface area contributed by atoms with Crippen molar-refractivity contribution < 1.29 is 29.1 Å². The number of carboxylic acids is 1. The number of amidine groups is 1. The molecule has 1 aromatic carbocycles. The van der Waals surface area contributed by atoms with Crippen molar-refractivity contribution in [1.82, 2.24) is 15.5 Å². The molecule has 1 rings (SSSR count). The van der Waals surface area contributed by atoms with Gasteiger partial charge in [0.25, 0.3) is 0 Å². The van der Waals surface area contributed by atoms with Crippen LogP contribution in [0.2, 0.25) is 0 Å². The number of nitrogen functional groups attached to an aromatic ring is 1. The van der Waals surface area contributed by atoms with Crippen LogP contribution in [0.25, 0.3) is 0 Å². The Bertz CT molecular complexity index is 963. The van der Waals surface area contributed by atoms with Gasteiger partial charge in [-0.25, -0.2) is 0 Å². The number of nitrogens with two attached hydrogens (primary N) is 1. The molecule has 0 bridgehead atoms. The van der Waals surface area contributed by atoms with Crippen LogP contribution in [0.3, 0.4) is 0 Å². The average molecular weight is 519 g/mol.